The van der Waals surface area contributed by atoms with Gasteiger partial charge in [-0.3, -0.25) is 9.36 Å². The number of halogens is 2. The first-order chi connectivity index (χ1) is 9.47. The topological polar surface area (TPSA) is 68.5 Å². The van der Waals surface area contributed by atoms with Gasteiger partial charge in [-0.05, 0) is 30.3 Å². The molecule has 0 amide bonds. The van der Waals surface area contributed by atoms with Crippen LogP contribution in [-0.4, -0.2) is 22.3 Å². The van der Waals surface area contributed by atoms with Gasteiger partial charge in [-0.1, -0.05) is 0 Å². The van der Waals surface area contributed by atoms with Crippen molar-refractivity contribution in [3.63, 3.8) is 0 Å². The highest BCUT2D eigenvalue weighted by Gasteiger charge is 2.08. The Labute approximate surface area is 111 Å². The quantitative estimate of drug-likeness (QED) is 0.932. The van der Waals surface area contributed by atoms with Gasteiger partial charge in [-0.2, -0.15) is 8.78 Å². The van der Waals surface area contributed by atoms with E-state index in [4.69, 9.17) is 5.11 Å². The highest BCUT2D eigenvalue weighted by Crippen LogP contribution is 2.16. The van der Waals surface area contributed by atoms with Gasteiger partial charge in [0.25, 0.3) is 5.56 Å². The summed E-state index contributed by atoms with van der Waals surface area (Å²) in [6, 6.07) is 7.60. The summed E-state index contributed by atoms with van der Waals surface area (Å²) in [6.45, 7) is -2.93. The normalized spacial score (nSPS) is 10.6. The molecule has 2 rings (SSSR count). The lowest BCUT2D eigenvalue weighted by Gasteiger charge is -2.08. The van der Waals surface area contributed by atoms with Gasteiger partial charge in [-0.15, -0.1) is 0 Å². The zero-order valence-electron chi connectivity index (χ0n) is 9.99. The molecule has 0 aliphatic heterocycles. The van der Waals surface area contributed by atoms with E-state index in [1.807, 2.05) is 0 Å². The van der Waals surface area contributed by atoms with Crippen molar-refractivity contribution < 1.29 is 23.4 Å². The number of benzene rings is 1. The van der Waals surface area contributed by atoms with Gasteiger partial charge in [0.2, 0.25) is 0 Å². The predicted molar refractivity (Wildman–Crippen MR) is 65.6 cm³/mol. The van der Waals surface area contributed by atoms with Crippen LogP contribution in [-0.2, 0) is 0 Å². The molecule has 0 spiro atoms. The number of carbonyl (C=O) groups is 1. The van der Waals surface area contributed by atoms with Crippen molar-refractivity contribution in [1.82, 2.24) is 4.57 Å². The second-order valence-electron chi connectivity index (χ2n) is 3.80. The summed E-state index contributed by atoms with van der Waals surface area (Å²) in [5.41, 5.74) is -0.144. The molecule has 0 aliphatic carbocycles. The molecule has 1 N–H and O–H groups in total. The Morgan fingerprint density at radius 3 is 2.35 bits per heavy atom. The third-order valence-electron chi connectivity index (χ3n) is 2.50. The highest BCUT2D eigenvalue weighted by molar-refractivity contribution is 5.87. The van der Waals surface area contributed by atoms with Crippen LogP contribution in [0.4, 0.5) is 8.78 Å². The van der Waals surface area contributed by atoms with Crippen LogP contribution in [0.2, 0.25) is 0 Å². The summed E-state index contributed by atoms with van der Waals surface area (Å²) >= 11 is 0. The van der Waals surface area contributed by atoms with Crippen LogP contribution in [0.1, 0.15) is 10.4 Å². The minimum Gasteiger partial charge on any atom is -0.478 e. The van der Waals surface area contributed by atoms with Crippen LogP contribution in [0, 0.1) is 0 Å². The lowest BCUT2D eigenvalue weighted by atomic mass is 10.2. The number of carboxylic acid groups (broad SMARTS) is 1. The molecule has 2 aromatic rings. The summed E-state index contributed by atoms with van der Waals surface area (Å²) in [6.07, 6.45) is 1.16. The average molecular weight is 281 g/mol. The van der Waals surface area contributed by atoms with Crippen molar-refractivity contribution in [2.45, 2.75) is 6.61 Å². The van der Waals surface area contributed by atoms with E-state index >= 15 is 0 Å². The third-order valence-corrected chi connectivity index (χ3v) is 2.50. The molecule has 0 radical (unpaired) electrons. The second kappa shape index (κ2) is 5.52. The predicted octanol–water partition coefficient (Wildman–Crippen LogP) is 2.14. The minimum absolute atomic E-state index is 0.0498. The SMILES string of the molecule is O=C(O)c1ccc(=O)n(-c2ccc(OC(F)F)cc2)c1. The molecule has 0 saturated heterocycles. The van der Waals surface area contributed by atoms with Crippen LogP contribution < -0.4 is 10.3 Å². The van der Waals surface area contributed by atoms with Crippen molar-refractivity contribution in [3.8, 4) is 11.4 Å². The Balaban J connectivity index is 2.38. The molecular weight excluding hydrogens is 272 g/mol. The number of carboxylic acids is 1. The number of ether oxygens (including phenoxy) is 1. The maximum absolute atomic E-state index is 12.0. The van der Waals surface area contributed by atoms with Gasteiger partial charge in [0.1, 0.15) is 5.75 Å². The Morgan fingerprint density at radius 1 is 1.15 bits per heavy atom. The van der Waals surface area contributed by atoms with Crippen molar-refractivity contribution in [3.05, 3.63) is 58.5 Å². The molecule has 0 bridgehead atoms. The summed E-state index contributed by atoms with van der Waals surface area (Å²) in [5.74, 6) is -1.22. The van der Waals surface area contributed by atoms with Crippen LogP contribution in [0.3, 0.4) is 0 Å². The van der Waals surface area contributed by atoms with Crippen LogP contribution in [0.15, 0.2) is 47.4 Å². The molecule has 0 saturated carbocycles. The van der Waals surface area contributed by atoms with Crippen molar-refractivity contribution in [2.24, 2.45) is 0 Å². The molecule has 1 heterocycles. The number of aromatic carboxylic acids is 1. The molecule has 0 unspecified atom stereocenters. The van der Waals surface area contributed by atoms with Crippen molar-refractivity contribution in [1.29, 1.82) is 0 Å². The maximum Gasteiger partial charge on any atom is 0.387 e. The van der Waals surface area contributed by atoms with Gasteiger partial charge >= 0.3 is 12.6 Å². The lowest BCUT2D eigenvalue weighted by molar-refractivity contribution is -0.0498. The smallest absolute Gasteiger partial charge is 0.387 e. The van der Waals surface area contributed by atoms with E-state index < -0.39 is 18.1 Å². The monoisotopic (exact) mass is 281 g/mol. The van der Waals surface area contributed by atoms with E-state index in [1.54, 1.807) is 0 Å². The van der Waals surface area contributed by atoms with Crippen LogP contribution in [0.25, 0.3) is 5.69 Å². The molecular formula is C13H9F2NO4. The molecule has 7 heteroatoms. The fourth-order valence-corrected chi connectivity index (χ4v) is 1.60. The van der Waals surface area contributed by atoms with Gasteiger partial charge in [-0.25, -0.2) is 4.79 Å². The lowest BCUT2D eigenvalue weighted by Crippen LogP contribution is -2.18. The van der Waals surface area contributed by atoms with Gasteiger partial charge in [0.15, 0.2) is 0 Å². The number of rotatable bonds is 4. The zero-order chi connectivity index (χ0) is 14.7. The Kier molecular flexibility index (Phi) is 3.79. The number of aromatic nitrogens is 1. The molecule has 104 valence electrons. The average Bonchev–Trinajstić information content (AvgIpc) is 2.39. The molecule has 0 aliphatic rings. The first-order valence-corrected chi connectivity index (χ1v) is 5.48. The molecule has 20 heavy (non-hydrogen) atoms. The fraction of sp³-hybridized carbons (Fsp3) is 0.0769. The second-order valence-corrected chi connectivity index (χ2v) is 3.80. The van der Waals surface area contributed by atoms with Gasteiger partial charge < -0.3 is 9.84 Å². The Morgan fingerprint density at radius 2 is 1.80 bits per heavy atom. The molecule has 1 aromatic heterocycles. The number of hydrogen-bond donors (Lipinski definition) is 1. The van der Waals surface area contributed by atoms with Crippen LogP contribution in [0.5, 0.6) is 5.75 Å². The van der Waals surface area contributed by atoms with Crippen molar-refractivity contribution >= 4 is 5.97 Å². The maximum atomic E-state index is 12.0. The van der Waals surface area contributed by atoms with E-state index in [-0.39, 0.29) is 11.3 Å². The number of hydrogen-bond acceptors (Lipinski definition) is 3. The summed E-state index contributed by atoms with van der Waals surface area (Å²) < 4.78 is 29.3. The number of alkyl halides is 2. The van der Waals surface area contributed by atoms with E-state index in [2.05, 4.69) is 4.74 Å². The largest absolute Gasteiger partial charge is 0.478 e. The minimum atomic E-state index is -2.93. The Bertz CT molecular complexity index is 680. The molecule has 0 atom stereocenters. The standard InChI is InChI=1S/C13H9F2NO4/c14-13(15)20-10-4-2-9(3-5-10)16-7-8(12(18)19)1-6-11(16)17/h1-7,13H,(H,18,19). The summed E-state index contributed by atoms with van der Waals surface area (Å²) in [4.78, 5) is 22.5. The molecule has 1 aromatic carbocycles. The molecule has 5 nitrogen and oxygen atoms in total. The van der Waals surface area contributed by atoms with E-state index in [0.29, 0.717) is 5.69 Å². The number of pyridine rings is 1. The van der Waals surface area contributed by atoms with Gasteiger partial charge in [0, 0.05) is 18.0 Å². The van der Waals surface area contributed by atoms with E-state index in [9.17, 15) is 18.4 Å². The van der Waals surface area contributed by atoms with E-state index in [1.165, 1.54) is 30.3 Å². The van der Waals surface area contributed by atoms with E-state index in [0.717, 1.165) is 16.8 Å². The summed E-state index contributed by atoms with van der Waals surface area (Å²) in [7, 11) is 0. The first kappa shape index (κ1) is 13.7. The summed E-state index contributed by atoms with van der Waals surface area (Å²) in [5, 5.41) is 8.87. The highest BCUT2D eigenvalue weighted by atomic mass is 19.3. The third kappa shape index (κ3) is 3.00. The fourth-order valence-electron chi connectivity index (χ4n) is 1.60. The van der Waals surface area contributed by atoms with Crippen LogP contribution >= 0.6 is 0 Å². The first-order valence-electron chi connectivity index (χ1n) is 5.48. The molecule has 0 fully saturated rings. The Hall–Kier alpha value is -2.70. The van der Waals surface area contributed by atoms with Crippen molar-refractivity contribution in [2.75, 3.05) is 0 Å². The van der Waals surface area contributed by atoms with Gasteiger partial charge in [0.05, 0.1) is 5.56 Å². The number of nitrogens with zero attached hydrogens (tertiary/aromatic N) is 1. The zero-order valence-corrected chi connectivity index (χ0v) is 9.99.